The van der Waals surface area contributed by atoms with Crippen LogP contribution in [0.4, 0.5) is 0 Å². The first-order valence-electron chi connectivity index (χ1n) is 3.98. The molecule has 0 fully saturated rings. The van der Waals surface area contributed by atoms with E-state index in [0.29, 0.717) is 4.48 Å². The van der Waals surface area contributed by atoms with E-state index in [1.807, 2.05) is 0 Å². The third kappa shape index (κ3) is 1.71. The molecule has 2 rings (SSSR count). The van der Waals surface area contributed by atoms with E-state index in [2.05, 4.69) is 25.9 Å². The summed E-state index contributed by atoms with van der Waals surface area (Å²) in [6.07, 6.45) is 2.87. The fourth-order valence-electron chi connectivity index (χ4n) is 1.20. The van der Waals surface area contributed by atoms with E-state index in [-0.39, 0.29) is 11.5 Å². The van der Waals surface area contributed by atoms with Crippen LogP contribution >= 0.6 is 15.9 Å². The van der Waals surface area contributed by atoms with Crippen molar-refractivity contribution in [3.8, 4) is 0 Å². The summed E-state index contributed by atoms with van der Waals surface area (Å²) in [6.45, 7) is 0. The molecular weight excluding hydrogens is 266 g/mol. The highest BCUT2D eigenvalue weighted by Gasteiger charge is 2.30. The van der Waals surface area contributed by atoms with Gasteiger partial charge in [0.1, 0.15) is 5.57 Å². The molecule has 0 spiro atoms. The Bertz CT molecular complexity index is 438. The number of hydrogen-bond donors (Lipinski definition) is 2. The molecule has 1 unspecified atom stereocenters. The number of aliphatic imine (C=N–C) groups is 2. The fraction of sp³-hybridized carbons (Fsp3) is 0.125. The molecule has 0 aromatic heterocycles. The number of fused-ring (bicyclic) bond motifs is 1. The molecule has 78 valence electrons. The highest BCUT2D eigenvalue weighted by atomic mass is 79.9. The lowest BCUT2D eigenvalue weighted by atomic mass is 10.2. The summed E-state index contributed by atoms with van der Waals surface area (Å²) in [5, 5.41) is 18.5. The number of carbonyl (C=O) groups is 1. The molecule has 0 aromatic rings. The first-order valence-corrected chi connectivity index (χ1v) is 4.78. The normalized spacial score (nSPS) is 24.0. The average molecular weight is 272 g/mol. The lowest BCUT2D eigenvalue weighted by Crippen LogP contribution is -2.42. The zero-order valence-electron chi connectivity index (χ0n) is 7.33. The molecule has 0 bridgehead atoms. The molecule has 15 heavy (non-hydrogen) atoms. The number of nitrogens with zero attached hydrogens (tertiary/aromatic N) is 3. The van der Waals surface area contributed by atoms with Gasteiger partial charge in [-0.25, -0.2) is 14.8 Å². The first-order chi connectivity index (χ1) is 7.09. The Hall–Kier alpha value is -1.47. The second-order valence-corrected chi connectivity index (χ2v) is 3.79. The van der Waals surface area contributed by atoms with Crippen LogP contribution in [0.5, 0.6) is 0 Å². The van der Waals surface area contributed by atoms with E-state index < -0.39 is 12.2 Å². The molecule has 2 N–H and O–H groups in total. The summed E-state index contributed by atoms with van der Waals surface area (Å²) in [7, 11) is 0. The fourth-order valence-corrected chi connectivity index (χ4v) is 1.52. The molecule has 0 amide bonds. The number of carboxylic acid groups (broad SMARTS) is 1. The van der Waals surface area contributed by atoms with E-state index in [1.54, 1.807) is 0 Å². The summed E-state index contributed by atoms with van der Waals surface area (Å²) in [5.74, 6) is -0.944. The van der Waals surface area contributed by atoms with Crippen LogP contribution in [0.25, 0.3) is 0 Å². The smallest absolute Gasteiger partial charge is 0.337 e. The van der Waals surface area contributed by atoms with Crippen LogP contribution in [0.3, 0.4) is 0 Å². The Morgan fingerprint density at radius 3 is 3.00 bits per heavy atom. The number of aliphatic carboxylic acids is 1. The van der Waals surface area contributed by atoms with Gasteiger partial charge in [0.15, 0.2) is 6.23 Å². The van der Waals surface area contributed by atoms with Crippen LogP contribution in [0.15, 0.2) is 32.4 Å². The molecule has 0 saturated heterocycles. The van der Waals surface area contributed by atoms with Gasteiger partial charge < -0.3 is 10.2 Å². The molecule has 2 aliphatic heterocycles. The Morgan fingerprint density at radius 1 is 1.60 bits per heavy atom. The molecule has 0 aromatic carbocycles. The van der Waals surface area contributed by atoms with Crippen LogP contribution < -0.4 is 0 Å². The zero-order chi connectivity index (χ0) is 11.0. The molecular formula is C8H6BrN3O3. The van der Waals surface area contributed by atoms with Gasteiger partial charge in [-0.3, -0.25) is 4.90 Å². The van der Waals surface area contributed by atoms with Crippen LogP contribution in [0.2, 0.25) is 0 Å². The number of aliphatic hydroxyl groups is 1. The topological polar surface area (TPSA) is 85.5 Å². The Kier molecular flexibility index (Phi) is 2.41. The monoisotopic (exact) mass is 271 g/mol. The number of guanidine groups is 1. The molecule has 2 aliphatic rings. The van der Waals surface area contributed by atoms with E-state index >= 15 is 0 Å². The maximum absolute atomic E-state index is 10.7. The number of aliphatic hydroxyl groups excluding tert-OH is 1. The lowest BCUT2D eigenvalue weighted by Gasteiger charge is -2.29. The number of carboxylic acids is 1. The largest absolute Gasteiger partial charge is 0.478 e. The maximum Gasteiger partial charge on any atom is 0.337 e. The maximum atomic E-state index is 10.7. The summed E-state index contributed by atoms with van der Waals surface area (Å²) in [4.78, 5) is 19.7. The first kappa shape index (κ1) is 10.1. The number of rotatable bonds is 1. The second kappa shape index (κ2) is 3.59. The lowest BCUT2D eigenvalue weighted by molar-refractivity contribution is -0.134. The third-order valence-corrected chi connectivity index (χ3v) is 2.31. The molecule has 6 nitrogen and oxygen atoms in total. The standard InChI is InChI=1S/C8H6BrN3O3/c9-4-1-10-8-11-2-5(7(14)15)6(13)12(8)3-4/h1-3,6,13H,(H,14,15). The van der Waals surface area contributed by atoms with Crippen molar-refractivity contribution in [1.82, 2.24) is 4.90 Å². The molecule has 2 heterocycles. The van der Waals surface area contributed by atoms with Gasteiger partial charge in [-0.1, -0.05) is 0 Å². The molecule has 0 aliphatic carbocycles. The number of hydrogen-bond acceptors (Lipinski definition) is 5. The van der Waals surface area contributed by atoms with Gasteiger partial charge in [0.05, 0.1) is 4.48 Å². The second-order valence-electron chi connectivity index (χ2n) is 2.87. The van der Waals surface area contributed by atoms with Crippen molar-refractivity contribution >= 4 is 34.1 Å². The molecule has 7 heteroatoms. The Balaban J connectivity index is 2.40. The van der Waals surface area contributed by atoms with Crippen molar-refractivity contribution in [2.75, 3.05) is 0 Å². The molecule has 0 radical (unpaired) electrons. The summed E-state index contributed by atoms with van der Waals surface area (Å²) in [6, 6.07) is 0. The number of halogens is 1. The van der Waals surface area contributed by atoms with Crippen molar-refractivity contribution in [3.05, 3.63) is 22.5 Å². The van der Waals surface area contributed by atoms with E-state index in [9.17, 15) is 9.90 Å². The van der Waals surface area contributed by atoms with E-state index in [4.69, 9.17) is 5.11 Å². The zero-order valence-corrected chi connectivity index (χ0v) is 8.92. The summed E-state index contributed by atoms with van der Waals surface area (Å²) in [5.41, 5.74) is -0.188. The predicted molar refractivity (Wildman–Crippen MR) is 56.5 cm³/mol. The minimum absolute atomic E-state index is 0.188. The van der Waals surface area contributed by atoms with E-state index in [0.717, 1.165) is 6.20 Å². The van der Waals surface area contributed by atoms with Crippen LogP contribution in [0, 0.1) is 0 Å². The SMILES string of the molecule is O=C(O)C1=CN=C2N=CC(Br)=CN2C1O. The Labute approximate surface area is 93.1 Å². The van der Waals surface area contributed by atoms with Gasteiger partial charge in [-0.05, 0) is 15.9 Å². The highest BCUT2D eigenvalue weighted by Crippen LogP contribution is 2.21. The van der Waals surface area contributed by atoms with Gasteiger partial charge >= 0.3 is 5.97 Å². The van der Waals surface area contributed by atoms with Crippen LogP contribution in [-0.4, -0.2) is 39.5 Å². The van der Waals surface area contributed by atoms with Crippen molar-refractivity contribution in [2.45, 2.75) is 6.23 Å². The molecule has 1 atom stereocenters. The minimum atomic E-state index is -1.26. The van der Waals surface area contributed by atoms with Crippen molar-refractivity contribution < 1.29 is 15.0 Å². The van der Waals surface area contributed by atoms with Gasteiger partial charge in [-0.2, -0.15) is 0 Å². The van der Waals surface area contributed by atoms with Crippen molar-refractivity contribution in [1.29, 1.82) is 0 Å². The van der Waals surface area contributed by atoms with Crippen LogP contribution in [-0.2, 0) is 4.79 Å². The number of allylic oxidation sites excluding steroid dienone is 1. The van der Waals surface area contributed by atoms with Gasteiger partial charge in [-0.15, -0.1) is 0 Å². The summed E-state index contributed by atoms with van der Waals surface area (Å²) >= 11 is 3.17. The molecule has 0 saturated carbocycles. The van der Waals surface area contributed by atoms with Gasteiger partial charge in [0.2, 0.25) is 5.96 Å². The highest BCUT2D eigenvalue weighted by molar-refractivity contribution is 9.12. The van der Waals surface area contributed by atoms with Crippen molar-refractivity contribution in [2.24, 2.45) is 9.98 Å². The summed E-state index contributed by atoms with van der Waals surface area (Å²) < 4.78 is 0.632. The quantitative estimate of drug-likeness (QED) is 0.717. The van der Waals surface area contributed by atoms with Gasteiger partial charge in [0, 0.05) is 18.6 Å². The van der Waals surface area contributed by atoms with E-state index in [1.165, 1.54) is 17.3 Å². The predicted octanol–water partition coefficient (Wildman–Crippen LogP) is 0.266. The van der Waals surface area contributed by atoms with Crippen molar-refractivity contribution in [3.63, 3.8) is 0 Å². The van der Waals surface area contributed by atoms with Gasteiger partial charge in [0.25, 0.3) is 0 Å². The minimum Gasteiger partial charge on any atom is -0.478 e. The third-order valence-electron chi connectivity index (χ3n) is 1.90. The average Bonchev–Trinajstić information content (AvgIpc) is 2.19. The van der Waals surface area contributed by atoms with Crippen LogP contribution in [0.1, 0.15) is 0 Å². The Morgan fingerprint density at radius 2 is 2.33 bits per heavy atom.